The van der Waals surface area contributed by atoms with Gasteiger partial charge in [-0.2, -0.15) is 0 Å². The topological polar surface area (TPSA) is 103 Å². The van der Waals surface area contributed by atoms with E-state index in [1.165, 1.54) is 16.6 Å². The van der Waals surface area contributed by atoms with E-state index in [0.29, 0.717) is 28.5 Å². The normalized spacial score (nSPS) is 11.2. The average Bonchev–Trinajstić information content (AvgIpc) is 3.00. The summed E-state index contributed by atoms with van der Waals surface area (Å²) in [5.74, 6) is 8.01. The highest BCUT2D eigenvalue weighted by molar-refractivity contribution is 7.98. The van der Waals surface area contributed by atoms with E-state index in [-0.39, 0.29) is 0 Å². The van der Waals surface area contributed by atoms with Crippen LogP contribution in [0, 0.1) is 20.8 Å². The van der Waals surface area contributed by atoms with Crippen molar-refractivity contribution in [1.29, 1.82) is 0 Å². The summed E-state index contributed by atoms with van der Waals surface area (Å²) in [5.41, 5.74) is 3.82. The molecule has 0 aliphatic heterocycles. The van der Waals surface area contributed by atoms with E-state index in [1.807, 2.05) is 6.92 Å². The van der Waals surface area contributed by atoms with Gasteiger partial charge in [-0.3, -0.25) is 0 Å². The number of aryl methyl sites for hydroxylation is 3. The number of hydrazine groups is 1. The quantitative estimate of drug-likeness (QED) is 0.429. The average molecular weight is 322 g/mol. The van der Waals surface area contributed by atoms with Gasteiger partial charge in [0.15, 0.2) is 5.82 Å². The monoisotopic (exact) mass is 322 g/mol. The van der Waals surface area contributed by atoms with E-state index in [9.17, 15) is 0 Å². The molecule has 21 heavy (non-hydrogen) atoms. The molecule has 9 heteroatoms. The van der Waals surface area contributed by atoms with Gasteiger partial charge < -0.3 is 9.84 Å². The summed E-state index contributed by atoms with van der Waals surface area (Å²) in [7, 11) is 0. The van der Waals surface area contributed by atoms with Crippen LogP contribution in [-0.2, 0) is 5.75 Å². The number of thiophene rings is 1. The molecule has 0 radical (unpaired) electrons. The standard InChI is InChI=1S/C12H14N6OS2/c1-5-6(2)21-11-9(5)10(16-13)14-8(15-11)4-20-12-18-17-7(3)19-12/h4,13H2,1-3H3,(H,14,15,16). The van der Waals surface area contributed by atoms with Crippen molar-refractivity contribution in [2.24, 2.45) is 5.84 Å². The number of rotatable bonds is 4. The Morgan fingerprint density at radius 1 is 1.24 bits per heavy atom. The molecular formula is C12H14N6OS2. The molecule has 0 aliphatic rings. The van der Waals surface area contributed by atoms with Crippen molar-refractivity contribution >= 4 is 39.1 Å². The van der Waals surface area contributed by atoms with Crippen LogP contribution in [-0.4, -0.2) is 20.2 Å². The van der Waals surface area contributed by atoms with Crippen LogP contribution in [0.1, 0.15) is 22.2 Å². The van der Waals surface area contributed by atoms with Crippen molar-refractivity contribution in [3.63, 3.8) is 0 Å². The van der Waals surface area contributed by atoms with E-state index >= 15 is 0 Å². The third kappa shape index (κ3) is 2.71. The number of thioether (sulfide) groups is 1. The van der Waals surface area contributed by atoms with Gasteiger partial charge in [-0.1, -0.05) is 11.8 Å². The number of aromatic nitrogens is 4. The number of nitrogens with one attached hydrogen (secondary N) is 1. The van der Waals surface area contributed by atoms with Crippen LogP contribution < -0.4 is 11.3 Å². The molecule has 3 rings (SSSR count). The van der Waals surface area contributed by atoms with Crippen LogP contribution >= 0.6 is 23.1 Å². The van der Waals surface area contributed by atoms with Crippen molar-refractivity contribution in [3.8, 4) is 0 Å². The largest absolute Gasteiger partial charge is 0.416 e. The summed E-state index contributed by atoms with van der Waals surface area (Å²) in [6.45, 7) is 5.87. The second-order valence-corrected chi connectivity index (χ2v) is 6.60. The van der Waals surface area contributed by atoms with E-state index in [0.717, 1.165) is 15.8 Å². The fraction of sp³-hybridized carbons (Fsp3) is 0.333. The second-order valence-electron chi connectivity index (χ2n) is 4.47. The van der Waals surface area contributed by atoms with Crippen LogP contribution in [0.3, 0.4) is 0 Å². The minimum absolute atomic E-state index is 0.511. The Kier molecular flexibility index (Phi) is 3.79. The van der Waals surface area contributed by atoms with Crippen molar-refractivity contribution in [1.82, 2.24) is 20.2 Å². The maximum absolute atomic E-state index is 5.59. The molecule has 0 amide bonds. The smallest absolute Gasteiger partial charge is 0.277 e. The number of nitrogen functional groups attached to an aromatic ring is 1. The Hall–Kier alpha value is -1.71. The first kappa shape index (κ1) is 14.2. The molecule has 7 nitrogen and oxygen atoms in total. The molecule has 0 atom stereocenters. The predicted octanol–water partition coefficient (Wildman–Crippen LogP) is 2.58. The fourth-order valence-electron chi connectivity index (χ4n) is 1.93. The van der Waals surface area contributed by atoms with Gasteiger partial charge in [0.25, 0.3) is 5.22 Å². The van der Waals surface area contributed by atoms with Crippen molar-refractivity contribution < 1.29 is 4.42 Å². The molecule has 0 saturated heterocycles. The van der Waals surface area contributed by atoms with E-state index in [4.69, 9.17) is 10.3 Å². The zero-order chi connectivity index (χ0) is 15.0. The minimum atomic E-state index is 0.511. The minimum Gasteiger partial charge on any atom is -0.416 e. The first-order chi connectivity index (χ1) is 10.1. The Balaban J connectivity index is 1.92. The molecule has 0 saturated carbocycles. The van der Waals surface area contributed by atoms with Gasteiger partial charge in [0.05, 0.1) is 11.1 Å². The number of hydrogen-bond donors (Lipinski definition) is 2. The third-order valence-electron chi connectivity index (χ3n) is 3.04. The lowest BCUT2D eigenvalue weighted by Gasteiger charge is -2.05. The van der Waals surface area contributed by atoms with Gasteiger partial charge in [0, 0.05) is 11.8 Å². The Labute approximate surface area is 129 Å². The molecular weight excluding hydrogens is 308 g/mol. The van der Waals surface area contributed by atoms with Crippen LogP contribution in [0.4, 0.5) is 5.82 Å². The van der Waals surface area contributed by atoms with E-state index in [2.05, 4.69) is 32.5 Å². The number of nitrogens with two attached hydrogens (primary N) is 1. The highest BCUT2D eigenvalue weighted by atomic mass is 32.2. The first-order valence-corrected chi connectivity index (χ1v) is 8.05. The number of anilines is 1. The van der Waals surface area contributed by atoms with E-state index < -0.39 is 0 Å². The molecule has 0 spiro atoms. The number of hydrogen-bond acceptors (Lipinski definition) is 9. The summed E-state index contributed by atoms with van der Waals surface area (Å²) in [6.07, 6.45) is 0. The Morgan fingerprint density at radius 2 is 2.05 bits per heavy atom. The molecule has 110 valence electrons. The molecule has 0 fully saturated rings. The lowest BCUT2D eigenvalue weighted by atomic mass is 10.2. The van der Waals surface area contributed by atoms with E-state index in [1.54, 1.807) is 18.3 Å². The molecule has 3 aromatic rings. The molecule has 3 aromatic heterocycles. The lowest BCUT2D eigenvalue weighted by Crippen LogP contribution is -2.10. The summed E-state index contributed by atoms with van der Waals surface area (Å²) in [5, 5.41) is 9.23. The van der Waals surface area contributed by atoms with Gasteiger partial charge >= 0.3 is 0 Å². The Morgan fingerprint density at radius 3 is 2.71 bits per heavy atom. The fourth-order valence-corrected chi connectivity index (χ4v) is 3.63. The molecule has 3 heterocycles. The Bertz CT molecular complexity index is 796. The molecule has 3 N–H and O–H groups in total. The van der Waals surface area contributed by atoms with Crippen molar-refractivity contribution in [2.75, 3.05) is 5.43 Å². The highest BCUT2D eigenvalue weighted by Gasteiger charge is 2.14. The van der Waals surface area contributed by atoms with Gasteiger partial charge in [-0.05, 0) is 19.4 Å². The van der Waals surface area contributed by atoms with Gasteiger partial charge in [-0.15, -0.1) is 21.5 Å². The second kappa shape index (κ2) is 5.58. The zero-order valence-corrected chi connectivity index (χ0v) is 13.4. The van der Waals surface area contributed by atoms with Crippen LogP contribution in [0.25, 0.3) is 10.2 Å². The molecule has 0 unspecified atom stereocenters. The molecule has 0 aromatic carbocycles. The first-order valence-electron chi connectivity index (χ1n) is 6.24. The summed E-state index contributed by atoms with van der Waals surface area (Å²) < 4.78 is 5.32. The summed E-state index contributed by atoms with van der Waals surface area (Å²) >= 11 is 3.04. The number of fused-ring (bicyclic) bond motifs is 1. The van der Waals surface area contributed by atoms with Gasteiger partial charge in [0.2, 0.25) is 5.89 Å². The summed E-state index contributed by atoms with van der Waals surface area (Å²) in [6, 6.07) is 0. The highest BCUT2D eigenvalue weighted by Crippen LogP contribution is 2.33. The lowest BCUT2D eigenvalue weighted by molar-refractivity contribution is 0.429. The van der Waals surface area contributed by atoms with Gasteiger partial charge in [-0.25, -0.2) is 15.8 Å². The maximum Gasteiger partial charge on any atom is 0.277 e. The van der Waals surface area contributed by atoms with Crippen LogP contribution in [0.5, 0.6) is 0 Å². The zero-order valence-electron chi connectivity index (χ0n) is 11.8. The van der Waals surface area contributed by atoms with Crippen molar-refractivity contribution in [2.45, 2.75) is 31.7 Å². The van der Waals surface area contributed by atoms with Crippen molar-refractivity contribution in [3.05, 3.63) is 22.2 Å². The summed E-state index contributed by atoms with van der Waals surface area (Å²) in [4.78, 5) is 11.2. The predicted molar refractivity (Wildman–Crippen MR) is 83.3 cm³/mol. The van der Waals surface area contributed by atoms with Crippen LogP contribution in [0.2, 0.25) is 0 Å². The molecule has 0 aliphatic carbocycles. The SMILES string of the molecule is Cc1nnc(SCc2nc(NN)c3c(C)c(C)sc3n2)o1. The maximum atomic E-state index is 5.59. The number of nitrogens with zero attached hydrogens (tertiary/aromatic N) is 4. The third-order valence-corrected chi connectivity index (χ3v) is 4.96. The molecule has 0 bridgehead atoms. The van der Waals surface area contributed by atoms with Gasteiger partial charge in [0.1, 0.15) is 10.7 Å². The van der Waals surface area contributed by atoms with Crippen LogP contribution in [0.15, 0.2) is 9.64 Å².